The zero-order chi connectivity index (χ0) is 12.1. The third kappa shape index (κ3) is 2.98. The lowest BCUT2D eigenvalue weighted by molar-refractivity contribution is 0.381. The highest BCUT2D eigenvalue weighted by Crippen LogP contribution is 2.23. The number of rotatable bonds is 3. The van der Waals surface area contributed by atoms with Gasteiger partial charge in [0.15, 0.2) is 0 Å². The van der Waals surface area contributed by atoms with Gasteiger partial charge in [-0.2, -0.15) is 0 Å². The molecule has 0 saturated heterocycles. The van der Waals surface area contributed by atoms with E-state index in [9.17, 15) is 0 Å². The van der Waals surface area contributed by atoms with Crippen LogP contribution in [0.3, 0.4) is 0 Å². The van der Waals surface area contributed by atoms with E-state index in [1.807, 2.05) is 11.3 Å². The van der Waals surface area contributed by atoms with Gasteiger partial charge < -0.3 is 4.90 Å². The van der Waals surface area contributed by atoms with E-state index in [0.29, 0.717) is 0 Å². The minimum atomic E-state index is 0.829. The van der Waals surface area contributed by atoms with Crippen molar-refractivity contribution in [2.45, 2.75) is 32.7 Å². The summed E-state index contributed by atoms with van der Waals surface area (Å²) in [5.41, 5.74) is 4.15. The Labute approximate surface area is 107 Å². The Balaban J connectivity index is 2.00. The van der Waals surface area contributed by atoms with Crippen LogP contribution in [0.1, 0.15) is 30.2 Å². The van der Waals surface area contributed by atoms with Gasteiger partial charge in [0.25, 0.3) is 0 Å². The summed E-state index contributed by atoms with van der Waals surface area (Å²) >= 11 is 1.85. The summed E-state index contributed by atoms with van der Waals surface area (Å²) in [6.07, 6.45) is 3.38. The van der Waals surface area contributed by atoms with Crippen LogP contribution in [0.5, 0.6) is 0 Å². The molecule has 0 aromatic carbocycles. The van der Waals surface area contributed by atoms with Crippen LogP contribution in [-0.2, 0) is 13.0 Å². The Morgan fingerprint density at radius 1 is 1.65 bits per heavy atom. The lowest BCUT2D eigenvalue weighted by Crippen LogP contribution is -2.46. The second kappa shape index (κ2) is 6.02. The number of hydrogen-bond acceptors (Lipinski definition) is 3. The van der Waals surface area contributed by atoms with Gasteiger partial charge >= 0.3 is 0 Å². The zero-order valence-electron chi connectivity index (χ0n) is 10.3. The molecule has 2 heterocycles. The number of nitrogens with zero attached hydrogens (tertiary/aromatic N) is 2. The smallest absolute Gasteiger partial charge is 0.208 e. The molecule has 0 unspecified atom stereocenters. The molecule has 4 nitrogen and oxygen atoms in total. The fourth-order valence-corrected chi connectivity index (χ4v) is 2.90. The number of thiophene rings is 1. The summed E-state index contributed by atoms with van der Waals surface area (Å²) in [7, 11) is 0. The summed E-state index contributed by atoms with van der Waals surface area (Å²) in [5.74, 6) is 6.39. The number of fused-ring (bicyclic) bond motifs is 1. The number of guanidine groups is 1. The second-order valence-electron chi connectivity index (χ2n) is 4.24. The van der Waals surface area contributed by atoms with E-state index in [0.717, 1.165) is 44.9 Å². The van der Waals surface area contributed by atoms with Gasteiger partial charge in [-0.05, 0) is 29.9 Å². The van der Waals surface area contributed by atoms with Gasteiger partial charge in [0.2, 0.25) is 5.96 Å². The summed E-state index contributed by atoms with van der Waals surface area (Å²) in [6, 6.07) is 2.20. The number of nitrogens with two attached hydrogens (primary N) is 1. The largest absolute Gasteiger partial charge is 0.337 e. The van der Waals surface area contributed by atoms with Gasteiger partial charge in [0.05, 0.1) is 0 Å². The van der Waals surface area contributed by atoms with Crippen LogP contribution >= 0.6 is 11.3 Å². The minimum absolute atomic E-state index is 0.829. The molecule has 1 aromatic heterocycles. The highest BCUT2D eigenvalue weighted by Gasteiger charge is 2.19. The fraction of sp³-hybridized carbons (Fsp3) is 0.583. The fourth-order valence-electron chi connectivity index (χ4n) is 2.01. The lowest BCUT2D eigenvalue weighted by Gasteiger charge is -2.29. The summed E-state index contributed by atoms with van der Waals surface area (Å²) in [4.78, 5) is 8.26. The van der Waals surface area contributed by atoms with Crippen molar-refractivity contribution in [3.05, 3.63) is 21.9 Å². The van der Waals surface area contributed by atoms with Crippen molar-refractivity contribution in [1.29, 1.82) is 0 Å². The first-order valence-electron chi connectivity index (χ1n) is 6.16. The van der Waals surface area contributed by atoms with Crippen LogP contribution in [-0.4, -0.2) is 23.9 Å². The summed E-state index contributed by atoms with van der Waals surface area (Å²) in [5, 5.41) is 2.16. The third-order valence-electron chi connectivity index (χ3n) is 3.01. The van der Waals surface area contributed by atoms with Crippen molar-refractivity contribution in [2.75, 3.05) is 13.1 Å². The molecule has 94 valence electrons. The van der Waals surface area contributed by atoms with E-state index >= 15 is 0 Å². The van der Waals surface area contributed by atoms with Gasteiger partial charge in [0, 0.05) is 24.5 Å². The van der Waals surface area contributed by atoms with E-state index in [-0.39, 0.29) is 0 Å². The first-order valence-corrected chi connectivity index (χ1v) is 7.04. The molecule has 0 saturated carbocycles. The molecule has 0 radical (unpaired) electrons. The van der Waals surface area contributed by atoms with Gasteiger partial charge in [-0.3, -0.25) is 10.4 Å². The molecule has 0 fully saturated rings. The number of hydrazine groups is 1. The van der Waals surface area contributed by atoms with Crippen molar-refractivity contribution in [3.63, 3.8) is 0 Å². The van der Waals surface area contributed by atoms with Crippen LogP contribution in [0.25, 0.3) is 0 Å². The number of unbranched alkanes of at least 4 members (excludes halogenated alkanes) is 1. The Kier molecular flexibility index (Phi) is 4.39. The van der Waals surface area contributed by atoms with Gasteiger partial charge in [-0.1, -0.05) is 13.3 Å². The monoisotopic (exact) mass is 252 g/mol. The highest BCUT2D eigenvalue weighted by atomic mass is 32.1. The molecule has 0 bridgehead atoms. The Hall–Kier alpha value is -1.07. The topological polar surface area (TPSA) is 53.6 Å². The predicted octanol–water partition coefficient (Wildman–Crippen LogP) is 1.73. The SMILES string of the molecule is CCCCN=C(NN)N1CCc2sccc2C1. The number of aliphatic imine (C=N–C) groups is 1. The van der Waals surface area contributed by atoms with Crippen molar-refractivity contribution in [3.8, 4) is 0 Å². The maximum absolute atomic E-state index is 5.56. The molecule has 1 aromatic rings. The number of hydrogen-bond donors (Lipinski definition) is 2. The quantitative estimate of drug-likeness (QED) is 0.283. The van der Waals surface area contributed by atoms with Crippen LogP contribution in [0.15, 0.2) is 16.4 Å². The molecule has 0 aliphatic carbocycles. The van der Waals surface area contributed by atoms with Crippen LogP contribution in [0.2, 0.25) is 0 Å². The molecule has 3 N–H and O–H groups in total. The highest BCUT2D eigenvalue weighted by molar-refractivity contribution is 7.10. The van der Waals surface area contributed by atoms with Gasteiger partial charge in [0.1, 0.15) is 0 Å². The minimum Gasteiger partial charge on any atom is -0.337 e. The molecule has 1 aliphatic heterocycles. The molecule has 5 heteroatoms. The van der Waals surface area contributed by atoms with Crippen molar-refractivity contribution < 1.29 is 0 Å². The van der Waals surface area contributed by atoms with Crippen LogP contribution < -0.4 is 11.3 Å². The molecule has 0 atom stereocenters. The van der Waals surface area contributed by atoms with E-state index in [1.54, 1.807) is 0 Å². The molecule has 17 heavy (non-hydrogen) atoms. The van der Waals surface area contributed by atoms with E-state index in [1.165, 1.54) is 10.4 Å². The van der Waals surface area contributed by atoms with E-state index in [2.05, 4.69) is 33.7 Å². The molecular formula is C12H20N4S. The molecule has 0 amide bonds. The number of nitrogens with one attached hydrogen (secondary N) is 1. The molecule has 2 rings (SSSR count). The van der Waals surface area contributed by atoms with Crippen molar-refractivity contribution in [1.82, 2.24) is 10.3 Å². The molecular weight excluding hydrogens is 232 g/mol. The zero-order valence-corrected chi connectivity index (χ0v) is 11.1. The van der Waals surface area contributed by atoms with Crippen molar-refractivity contribution in [2.24, 2.45) is 10.8 Å². The van der Waals surface area contributed by atoms with E-state index in [4.69, 9.17) is 5.84 Å². The normalized spacial score (nSPS) is 15.9. The molecule has 0 spiro atoms. The van der Waals surface area contributed by atoms with E-state index < -0.39 is 0 Å². The third-order valence-corrected chi connectivity index (χ3v) is 4.03. The van der Waals surface area contributed by atoms with Crippen LogP contribution in [0, 0.1) is 0 Å². The summed E-state index contributed by atoms with van der Waals surface area (Å²) in [6.45, 7) is 4.95. The molecule has 1 aliphatic rings. The maximum Gasteiger partial charge on any atom is 0.208 e. The Morgan fingerprint density at radius 2 is 2.53 bits per heavy atom. The van der Waals surface area contributed by atoms with Crippen LogP contribution in [0.4, 0.5) is 0 Å². The standard InChI is InChI=1S/C12H20N4S/c1-2-3-6-14-12(15-13)16-7-4-11-10(9-16)5-8-17-11/h5,8H,2-4,6-7,9,13H2,1H3,(H,14,15). The first-order chi connectivity index (χ1) is 8.35. The Bertz CT molecular complexity index is 386. The van der Waals surface area contributed by atoms with Gasteiger partial charge in [-0.15, -0.1) is 11.3 Å². The van der Waals surface area contributed by atoms with Gasteiger partial charge in [-0.25, -0.2) is 5.84 Å². The first kappa shape index (κ1) is 12.4. The summed E-state index contributed by atoms with van der Waals surface area (Å²) < 4.78 is 0. The lowest BCUT2D eigenvalue weighted by atomic mass is 10.1. The average molecular weight is 252 g/mol. The predicted molar refractivity (Wildman–Crippen MR) is 73.0 cm³/mol. The average Bonchev–Trinajstić information content (AvgIpc) is 2.82. The second-order valence-corrected chi connectivity index (χ2v) is 5.24. The van der Waals surface area contributed by atoms with Crippen molar-refractivity contribution >= 4 is 17.3 Å². The Morgan fingerprint density at radius 3 is 3.29 bits per heavy atom. The maximum atomic E-state index is 5.56.